The van der Waals surface area contributed by atoms with E-state index in [2.05, 4.69) is 10.6 Å². The molecule has 2 aromatic rings. The zero-order valence-electron chi connectivity index (χ0n) is 37.4. The summed E-state index contributed by atoms with van der Waals surface area (Å²) in [6, 6.07) is 4.72. The molecule has 0 radical (unpaired) electrons. The molecule has 9 atom stereocenters. The Balaban J connectivity index is 1.56. The largest absolute Gasteiger partial charge is 0.507 e. The van der Waals surface area contributed by atoms with Crippen LogP contribution in [0.25, 0.3) is 33.3 Å². The first-order valence-corrected chi connectivity index (χ1v) is 21.0. The molecule has 17 nitrogen and oxygen atoms in total. The summed E-state index contributed by atoms with van der Waals surface area (Å²) in [5.41, 5.74) is -0.882. The van der Waals surface area contributed by atoms with Crippen LogP contribution in [0.3, 0.4) is 0 Å². The number of ether oxygens (including phenoxy) is 5. The number of rotatable bonds is 6. The molecule has 6 rings (SSSR count). The number of hydrogen-bond donors (Lipinski definition) is 5. The molecule has 0 fully saturated rings. The summed E-state index contributed by atoms with van der Waals surface area (Å²) in [6.07, 6.45) is 3.45. The lowest BCUT2D eigenvalue weighted by molar-refractivity contribution is -0.160. The van der Waals surface area contributed by atoms with E-state index in [9.17, 15) is 39.3 Å². The lowest BCUT2D eigenvalue weighted by Gasteiger charge is -2.38. The molecule has 0 aromatic heterocycles. The first-order valence-electron chi connectivity index (χ1n) is 21.0. The molecule has 1 aliphatic carbocycles. The molecule has 0 unspecified atom stereocenters. The number of aliphatic hydroxyl groups excluding tert-OH is 2. The fourth-order valence-electron chi connectivity index (χ4n) is 8.27. The Bertz CT molecular complexity index is 2610. The van der Waals surface area contributed by atoms with E-state index in [0.29, 0.717) is 5.75 Å². The van der Waals surface area contributed by atoms with Crippen LogP contribution in [-0.2, 0) is 28.6 Å². The minimum atomic E-state index is -2.06. The summed E-state index contributed by atoms with van der Waals surface area (Å²) in [4.78, 5) is 71.8. The molecule has 5 N–H and O–H groups in total. The van der Waals surface area contributed by atoms with Crippen molar-refractivity contribution in [2.45, 2.75) is 92.5 Å². The number of aromatic nitrogens is 1. The summed E-state index contributed by atoms with van der Waals surface area (Å²) in [5.74, 6) is -7.38. The van der Waals surface area contributed by atoms with E-state index < -0.39 is 82.7 Å². The Morgan fingerprint density at radius 3 is 2.38 bits per heavy atom. The highest BCUT2D eigenvalue weighted by Gasteiger charge is 2.50. The first-order chi connectivity index (χ1) is 30.2. The third-order valence-electron chi connectivity index (χ3n) is 12.1. The lowest BCUT2D eigenvalue weighted by atomic mass is 9.78. The summed E-state index contributed by atoms with van der Waals surface area (Å²) < 4.78 is 36.0. The molecule has 64 heavy (non-hydrogen) atoms. The van der Waals surface area contributed by atoms with Gasteiger partial charge in [-0.05, 0) is 32.1 Å². The summed E-state index contributed by atoms with van der Waals surface area (Å²) in [5, 5.41) is 39.6. The highest BCUT2D eigenvalue weighted by atomic mass is 16.7. The number of anilines is 1. The van der Waals surface area contributed by atoms with Gasteiger partial charge in [-0.25, -0.2) is 4.98 Å². The number of nitrogens with zero attached hydrogens (tertiary/aromatic N) is 1. The highest BCUT2D eigenvalue weighted by molar-refractivity contribution is 6.22. The second-order valence-electron chi connectivity index (χ2n) is 16.7. The number of allylic oxidation sites excluding steroid dienone is 2. The maximum Gasteiger partial charge on any atom is 0.312 e. The number of phenolic OH excluding ortho intramolecular Hbond substituents is 1. The number of aromatic hydroxyl groups is 1. The van der Waals surface area contributed by atoms with Crippen molar-refractivity contribution in [3.63, 3.8) is 0 Å². The Hall–Kier alpha value is -6.30. The average Bonchev–Trinajstić information content (AvgIpc) is 3.52. The van der Waals surface area contributed by atoms with E-state index in [1.54, 1.807) is 52.0 Å². The van der Waals surface area contributed by atoms with Crippen LogP contribution < -0.4 is 25.5 Å². The van der Waals surface area contributed by atoms with Crippen molar-refractivity contribution in [2.24, 2.45) is 23.7 Å². The Morgan fingerprint density at radius 2 is 1.70 bits per heavy atom. The number of aliphatic hydroxyl groups is 2. The van der Waals surface area contributed by atoms with Gasteiger partial charge >= 0.3 is 11.8 Å². The molecule has 2 amide bonds. The van der Waals surface area contributed by atoms with Crippen LogP contribution in [0.5, 0.6) is 17.2 Å². The molecule has 4 bridgehead atoms. The Morgan fingerprint density at radius 1 is 0.984 bits per heavy atom. The van der Waals surface area contributed by atoms with Crippen molar-refractivity contribution in [3.8, 4) is 28.7 Å². The minimum absolute atomic E-state index is 0.0390. The Labute approximate surface area is 369 Å². The topological polar surface area (TPSA) is 242 Å². The second-order valence-corrected chi connectivity index (χ2v) is 16.7. The predicted octanol–water partition coefficient (Wildman–Crippen LogP) is 5.46. The zero-order valence-corrected chi connectivity index (χ0v) is 37.4. The number of nitrogens with one attached hydrogen (secondary N) is 2. The molecule has 342 valence electrons. The predicted molar refractivity (Wildman–Crippen MR) is 235 cm³/mol. The third kappa shape index (κ3) is 9.05. The smallest absolute Gasteiger partial charge is 0.312 e. The fourth-order valence-corrected chi connectivity index (χ4v) is 8.27. The number of methoxy groups -OCH3 is 1. The number of carbonyl (C=O) groups is 4. The number of fused-ring (bicyclic) bond motifs is 2. The van der Waals surface area contributed by atoms with Crippen molar-refractivity contribution < 1.29 is 62.6 Å². The summed E-state index contributed by atoms with van der Waals surface area (Å²) >= 11 is 0. The number of amides is 2. The SMILES string of the molecule is CO[C@H]1/C=C/O[C@@]2(C)Oc3c(C)c(O)c4c(=O)c(c5oc6cc(OCCNC(C)=O)ccc6nc-5c4c3C2=O)NC(=O)/C(C)=C\C=C\[C@H](C)[C@H](O)[C@@H](C)[C@@H](O)[C@@H](C)[C@H](OC(C)=O)[C@@H]1C. The van der Waals surface area contributed by atoms with Gasteiger partial charge in [0.05, 0.1) is 42.1 Å². The Kier molecular flexibility index (Phi) is 13.9. The fraction of sp³-hybridized carbons (Fsp3) is 0.447. The molecule has 0 saturated carbocycles. The molecule has 0 saturated heterocycles. The maximum absolute atomic E-state index is 14.7. The quantitative estimate of drug-likeness (QED) is 0.0699. The van der Waals surface area contributed by atoms with Gasteiger partial charge in [-0.3, -0.25) is 24.0 Å². The van der Waals surface area contributed by atoms with Gasteiger partial charge in [0.15, 0.2) is 11.3 Å². The van der Waals surface area contributed by atoms with Crippen LogP contribution in [-0.4, -0.2) is 94.3 Å². The molecule has 0 spiro atoms. The number of esters is 1. The van der Waals surface area contributed by atoms with Gasteiger partial charge in [0, 0.05) is 74.1 Å². The van der Waals surface area contributed by atoms with Crippen LogP contribution in [0.2, 0.25) is 0 Å². The zero-order chi connectivity index (χ0) is 46.9. The highest BCUT2D eigenvalue weighted by Crippen LogP contribution is 2.50. The number of phenols is 1. The molecular formula is C47H55N3O14. The number of hydrogen-bond acceptors (Lipinski definition) is 15. The van der Waals surface area contributed by atoms with Crippen LogP contribution in [0.4, 0.5) is 5.69 Å². The molecule has 17 heteroatoms. The number of Topliss-reactive ketones (excluding diaryl/α,β-unsaturated/α-hetero) is 1. The van der Waals surface area contributed by atoms with Gasteiger partial charge in [0.25, 0.3) is 11.7 Å². The number of carbonyl (C=O) groups excluding carboxylic acids is 4. The molecule has 3 heterocycles. The van der Waals surface area contributed by atoms with E-state index in [1.165, 1.54) is 66.2 Å². The molecule has 4 aliphatic rings. The van der Waals surface area contributed by atoms with Gasteiger partial charge in [0.2, 0.25) is 11.3 Å². The van der Waals surface area contributed by atoms with Gasteiger partial charge in [-0.15, -0.1) is 0 Å². The normalized spacial score (nSPS) is 28.5. The standard InChI is InChI=1S/C47H55N3O14/c1-21-12-11-13-22(2)46(58)50-37-41(56)34-33(36-44(37)63-32-20-29(14-15-30(32)49-36)60-19-17-48-27(7)51)35-43(26(6)40(34)55)64-47(9,45(35)57)61-18-16-31(59-10)23(3)42(62-28(8)52)25(5)39(54)24(4)38(21)53/h11-16,18,20-21,23-25,31,38-39,42,53-55H,17,19H2,1-10H3,(H,48,51)(H,50,58)/b12-11+,18-16+,22-13-/t21-,23+,24+,25+,31-,38-,39+,42+,47-/m0/s1. The van der Waals surface area contributed by atoms with E-state index in [0.717, 1.165) is 0 Å². The summed E-state index contributed by atoms with van der Waals surface area (Å²) in [6.45, 7) is 14.2. The van der Waals surface area contributed by atoms with E-state index in [1.807, 2.05) is 0 Å². The summed E-state index contributed by atoms with van der Waals surface area (Å²) in [7, 11) is 1.43. The van der Waals surface area contributed by atoms with Crippen molar-refractivity contribution in [1.82, 2.24) is 10.3 Å². The van der Waals surface area contributed by atoms with E-state index in [-0.39, 0.29) is 80.5 Å². The minimum Gasteiger partial charge on any atom is -0.507 e. The van der Waals surface area contributed by atoms with Gasteiger partial charge in [0.1, 0.15) is 46.9 Å². The third-order valence-corrected chi connectivity index (χ3v) is 12.1. The first kappa shape index (κ1) is 47.2. The number of ketones is 1. The lowest BCUT2D eigenvalue weighted by Crippen LogP contribution is -2.46. The maximum atomic E-state index is 14.7. The van der Waals surface area contributed by atoms with Crippen molar-refractivity contribution in [2.75, 3.05) is 25.6 Å². The van der Waals surface area contributed by atoms with E-state index >= 15 is 0 Å². The van der Waals surface area contributed by atoms with Gasteiger partial charge in [-0.2, -0.15) is 0 Å². The van der Waals surface area contributed by atoms with Crippen LogP contribution in [0.1, 0.15) is 71.3 Å². The molecular weight excluding hydrogens is 831 g/mol. The average molecular weight is 886 g/mol. The van der Waals surface area contributed by atoms with Crippen LogP contribution in [0.15, 0.2) is 63.6 Å². The van der Waals surface area contributed by atoms with Crippen molar-refractivity contribution in [1.29, 1.82) is 0 Å². The van der Waals surface area contributed by atoms with Gasteiger partial charge < -0.3 is 54.1 Å². The molecule has 3 aliphatic heterocycles. The van der Waals surface area contributed by atoms with E-state index in [4.69, 9.17) is 33.1 Å². The monoisotopic (exact) mass is 885 g/mol. The van der Waals surface area contributed by atoms with Crippen LogP contribution >= 0.6 is 0 Å². The second kappa shape index (κ2) is 18.8. The van der Waals surface area contributed by atoms with Gasteiger partial charge in [-0.1, -0.05) is 45.9 Å². The van der Waals surface area contributed by atoms with Crippen molar-refractivity contribution in [3.05, 3.63) is 75.7 Å². The van der Waals surface area contributed by atoms with Crippen LogP contribution in [0, 0.1) is 30.6 Å². The van der Waals surface area contributed by atoms with Crippen molar-refractivity contribution >= 4 is 51.1 Å². The molecule has 2 aromatic carbocycles. The number of benzene rings is 3.